The van der Waals surface area contributed by atoms with Crippen LogP contribution in [0.25, 0.3) is 0 Å². The first-order chi connectivity index (χ1) is 19.3. The molecule has 8 nitrogen and oxygen atoms in total. The smallest absolute Gasteiger partial charge is 0.356 e. The summed E-state index contributed by atoms with van der Waals surface area (Å²) in [4.78, 5) is 37.0. The van der Waals surface area contributed by atoms with Gasteiger partial charge in [-0.3, -0.25) is 9.79 Å². The van der Waals surface area contributed by atoms with Crippen LogP contribution in [0.5, 0.6) is 0 Å². The van der Waals surface area contributed by atoms with Crippen LogP contribution in [0, 0.1) is 17.0 Å². The fourth-order valence-electron chi connectivity index (χ4n) is 5.68. The molecule has 4 rings (SSSR count). The number of hydrogen-bond acceptors (Lipinski definition) is 6. The Morgan fingerprint density at radius 1 is 1.17 bits per heavy atom. The van der Waals surface area contributed by atoms with E-state index in [1.807, 2.05) is 20.8 Å². The zero-order valence-corrected chi connectivity index (χ0v) is 24.1. The van der Waals surface area contributed by atoms with Crippen LogP contribution in [0.4, 0.5) is 14.6 Å². The molecule has 41 heavy (non-hydrogen) atoms. The number of halogens is 4. The highest BCUT2D eigenvalue weighted by atomic mass is 35.5. The fourth-order valence-corrected chi connectivity index (χ4v) is 6.02. The second kappa shape index (κ2) is 11.8. The van der Waals surface area contributed by atoms with E-state index in [1.165, 1.54) is 30.3 Å². The van der Waals surface area contributed by atoms with Crippen molar-refractivity contribution in [3.63, 3.8) is 0 Å². The third-order valence-corrected chi connectivity index (χ3v) is 7.76. The summed E-state index contributed by atoms with van der Waals surface area (Å²) in [5, 5.41) is 15.1. The molecule has 12 heteroatoms. The van der Waals surface area contributed by atoms with Crippen molar-refractivity contribution in [2.75, 3.05) is 11.9 Å². The van der Waals surface area contributed by atoms with Gasteiger partial charge in [-0.2, -0.15) is 0 Å². The summed E-state index contributed by atoms with van der Waals surface area (Å²) in [5.41, 5.74) is -1.64. The van der Waals surface area contributed by atoms with Gasteiger partial charge in [0.2, 0.25) is 5.91 Å². The minimum atomic E-state index is -1.31. The maximum absolute atomic E-state index is 15.9. The SMILES string of the molecule is C=NC[C@]1(c2ccc(Cl)cc2F)[C@H](CC(C)(C)C)N[C@@H](C(=O)Nc2cnc(C(=O)O)cn2)[C@@H]1c1cccc(Cl)c1F. The van der Waals surface area contributed by atoms with E-state index in [0.29, 0.717) is 6.42 Å². The van der Waals surface area contributed by atoms with Crippen LogP contribution in [-0.2, 0) is 10.2 Å². The number of aromatic carboxylic acids is 1. The molecule has 3 aromatic rings. The lowest BCUT2D eigenvalue weighted by atomic mass is 9.61. The highest BCUT2D eigenvalue weighted by molar-refractivity contribution is 6.31. The second-order valence-electron chi connectivity index (χ2n) is 11.2. The molecule has 1 aliphatic rings. The summed E-state index contributed by atoms with van der Waals surface area (Å²) < 4.78 is 31.7. The van der Waals surface area contributed by atoms with Crippen molar-refractivity contribution in [2.45, 2.75) is 50.6 Å². The van der Waals surface area contributed by atoms with Crippen LogP contribution in [0.15, 0.2) is 53.8 Å². The molecular weight excluding hydrogens is 575 g/mol. The fraction of sp³-hybridized carbons (Fsp3) is 0.345. The number of nitrogens with one attached hydrogen (secondary N) is 2. The van der Waals surface area contributed by atoms with Crippen molar-refractivity contribution < 1.29 is 23.5 Å². The number of amides is 1. The lowest BCUT2D eigenvalue weighted by Crippen LogP contribution is -2.48. The molecule has 216 valence electrons. The minimum absolute atomic E-state index is 0.0171. The maximum atomic E-state index is 15.9. The quantitative estimate of drug-likeness (QED) is 0.276. The zero-order valence-electron chi connectivity index (χ0n) is 22.6. The van der Waals surface area contributed by atoms with Crippen LogP contribution in [0.2, 0.25) is 10.0 Å². The lowest BCUT2D eigenvalue weighted by Gasteiger charge is -2.42. The summed E-state index contributed by atoms with van der Waals surface area (Å²) in [6.45, 7) is 9.63. The van der Waals surface area contributed by atoms with E-state index < -0.39 is 46.9 Å². The summed E-state index contributed by atoms with van der Waals surface area (Å²) in [7, 11) is 0. The second-order valence-corrected chi connectivity index (χ2v) is 12.1. The lowest BCUT2D eigenvalue weighted by molar-refractivity contribution is -0.118. The monoisotopic (exact) mass is 603 g/mol. The van der Waals surface area contributed by atoms with E-state index in [-0.39, 0.29) is 44.6 Å². The Morgan fingerprint density at radius 2 is 1.90 bits per heavy atom. The standard InChI is InChI=1S/C29H29Cl2F2N5O3/c1-28(2,3)11-21-29(14-34-4,17-9-8-15(30)10-19(17)32)23(16-6-5-7-18(31)24(16)33)25(37-21)26(39)38-22-13-35-20(12-36-22)27(40)41/h5-10,12-13,21,23,25,37H,4,11,14H2,1-3H3,(H,40,41)(H,36,38,39)/t21-,23-,25+,29-/m0/s1. The molecule has 1 saturated heterocycles. The summed E-state index contributed by atoms with van der Waals surface area (Å²) in [6, 6.07) is 6.99. The number of nitrogens with zero attached hydrogens (tertiary/aromatic N) is 3. The molecule has 0 spiro atoms. The predicted octanol–water partition coefficient (Wildman–Crippen LogP) is 5.90. The van der Waals surface area contributed by atoms with Crippen LogP contribution in [0.3, 0.4) is 0 Å². The van der Waals surface area contributed by atoms with E-state index in [0.717, 1.165) is 12.4 Å². The first kappa shape index (κ1) is 30.5. The van der Waals surface area contributed by atoms with Crippen LogP contribution >= 0.6 is 23.2 Å². The van der Waals surface area contributed by atoms with Crippen molar-refractivity contribution in [3.8, 4) is 0 Å². The van der Waals surface area contributed by atoms with Gasteiger partial charge in [-0.1, -0.05) is 62.2 Å². The molecule has 3 N–H and O–H groups in total. The van der Waals surface area contributed by atoms with Crippen LogP contribution < -0.4 is 10.6 Å². The average molecular weight is 604 g/mol. The van der Waals surface area contributed by atoms with Crippen LogP contribution in [-0.4, -0.2) is 52.3 Å². The molecule has 1 aromatic heterocycles. The number of hydrogen-bond donors (Lipinski definition) is 3. The Labute approximate surface area is 246 Å². The number of benzene rings is 2. The number of carboxylic acids is 1. The van der Waals surface area contributed by atoms with Gasteiger partial charge >= 0.3 is 5.97 Å². The first-order valence-electron chi connectivity index (χ1n) is 12.7. The number of aliphatic imine (C=N–C) groups is 1. The highest BCUT2D eigenvalue weighted by Gasteiger charge is 2.60. The molecule has 1 aliphatic heterocycles. The van der Waals surface area contributed by atoms with E-state index in [9.17, 15) is 9.59 Å². The maximum Gasteiger partial charge on any atom is 0.356 e. The topological polar surface area (TPSA) is 117 Å². The predicted molar refractivity (Wildman–Crippen MR) is 154 cm³/mol. The zero-order chi connectivity index (χ0) is 30.1. The molecule has 2 heterocycles. The molecule has 0 aliphatic carbocycles. The number of aromatic nitrogens is 2. The summed E-state index contributed by atoms with van der Waals surface area (Å²) in [5.74, 6) is -4.32. The molecular formula is C29H29Cl2F2N5O3. The first-order valence-corrected chi connectivity index (χ1v) is 13.5. The van der Waals surface area contributed by atoms with Gasteiger partial charge in [-0.05, 0) is 47.9 Å². The third-order valence-electron chi connectivity index (χ3n) is 7.23. The van der Waals surface area contributed by atoms with Crippen molar-refractivity contribution in [2.24, 2.45) is 10.4 Å². The van der Waals surface area contributed by atoms with E-state index in [1.54, 1.807) is 6.07 Å². The number of carbonyl (C=O) groups excluding carboxylic acids is 1. The van der Waals surface area contributed by atoms with Gasteiger partial charge in [0.25, 0.3) is 0 Å². The molecule has 0 unspecified atom stereocenters. The number of rotatable bonds is 8. The normalized spacial score (nSPS) is 22.4. The Balaban J connectivity index is 1.95. The third kappa shape index (κ3) is 6.10. The van der Waals surface area contributed by atoms with Crippen LogP contribution in [0.1, 0.15) is 54.7 Å². The van der Waals surface area contributed by atoms with Gasteiger partial charge in [0.15, 0.2) is 11.5 Å². The number of anilines is 1. The van der Waals surface area contributed by atoms with Crippen molar-refractivity contribution >= 4 is 47.6 Å². The van der Waals surface area contributed by atoms with Crippen molar-refractivity contribution in [1.29, 1.82) is 0 Å². The van der Waals surface area contributed by atoms with Crippen molar-refractivity contribution in [3.05, 3.63) is 87.3 Å². The number of carbonyl (C=O) groups is 2. The van der Waals surface area contributed by atoms with E-state index >= 15 is 8.78 Å². The number of carboxylic acid groups (broad SMARTS) is 1. The van der Waals surface area contributed by atoms with Gasteiger partial charge in [0, 0.05) is 22.4 Å². The molecule has 0 radical (unpaired) electrons. The van der Waals surface area contributed by atoms with Gasteiger partial charge in [-0.15, -0.1) is 0 Å². The van der Waals surface area contributed by atoms with E-state index in [4.69, 9.17) is 28.3 Å². The Morgan fingerprint density at radius 3 is 2.49 bits per heavy atom. The summed E-state index contributed by atoms with van der Waals surface area (Å²) >= 11 is 12.3. The van der Waals surface area contributed by atoms with Gasteiger partial charge in [0.05, 0.1) is 30.0 Å². The van der Waals surface area contributed by atoms with E-state index in [2.05, 4.69) is 32.3 Å². The highest BCUT2D eigenvalue weighted by Crippen LogP contribution is 2.53. The molecule has 1 fully saturated rings. The Bertz CT molecular complexity index is 1480. The molecule has 2 aromatic carbocycles. The Kier molecular flexibility index (Phi) is 8.77. The van der Waals surface area contributed by atoms with Gasteiger partial charge in [0.1, 0.15) is 11.6 Å². The van der Waals surface area contributed by atoms with Gasteiger partial charge < -0.3 is 15.7 Å². The van der Waals surface area contributed by atoms with Crippen molar-refractivity contribution in [1.82, 2.24) is 15.3 Å². The average Bonchev–Trinajstić information content (AvgIpc) is 3.19. The molecule has 0 bridgehead atoms. The largest absolute Gasteiger partial charge is 0.476 e. The molecule has 4 atom stereocenters. The van der Waals surface area contributed by atoms with Gasteiger partial charge in [-0.25, -0.2) is 23.5 Å². The Hall–Kier alpha value is -3.47. The summed E-state index contributed by atoms with van der Waals surface area (Å²) in [6.07, 6.45) is 2.56. The molecule has 1 amide bonds. The molecule has 0 saturated carbocycles. The minimum Gasteiger partial charge on any atom is -0.476 e.